The predicted molar refractivity (Wildman–Crippen MR) is 116 cm³/mol. The molecule has 0 atom stereocenters. The van der Waals surface area contributed by atoms with Gasteiger partial charge in [-0.15, -0.1) is 0 Å². The normalized spacial score (nSPS) is 13.7. The van der Waals surface area contributed by atoms with Crippen LogP contribution in [0.1, 0.15) is 44.8 Å². The maximum atomic E-state index is 13.2. The second kappa shape index (κ2) is 7.84. The van der Waals surface area contributed by atoms with Crippen molar-refractivity contribution >= 4 is 40.0 Å². The first-order chi connectivity index (χ1) is 13.9. The highest BCUT2D eigenvalue weighted by atomic mass is 35.5. The maximum absolute atomic E-state index is 13.2. The molecular formula is C23H22ClN3O2. The summed E-state index contributed by atoms with van der Waals surface area (Å²) < 4.78 is 0. The molecule has 0 unspecified atom stereocenters. The van der Waals surface area contributed by atoms with Gasteiger partial charge < -0.3 is 10.2 Å². The maximum Gasteiger partial charge on any atom is 0.256 e. The third-order valence-electron chi connectivity index (χ3n) is 5.19. The van der Waals surface area contributed by atoms with E-state index >= 15 is 0 Å². The topological polar surface area (TPSA) is 62.3 Å². The van der Waals surface area contributed by atoms with E-state index in [-0.39, 0.29) is 11.8 Å². The van der Waals surface area contributed by atoms with Crippen molar-refractivity contribution in [2.75, 3.05) is 18.4 Å². The molecule has 2 aromatic carbocycles. The zero-order chi connectivity index (χ0) is 20.5. The van der Waals surface area contributed by atoms with E-state index in [9.17, 15) is 9.59 Å². The van der Waals surface area contributed by atoms with E-state index in [1.807, 2.05) is 32.0 Å². The lowest BCUT2D eigenvalue weighted by Gasteiger charge is -2.18. The minimum absolute atomic E-state index is 0.105. The number of aryl methyl sites for hydroxylation is 2. The summed E-state index contributed by atoms with van der Waals surface area (Å²) in [5.74, 6) is -0.379. The van der Waals surface area contributed by atoms with Crippen molar-refractivity contribution < 1.29 is 9.59 Å². The molecule has 148 valence electrons. The fraction of sp³-hybridized carbons (Fsp3) is 0.261. The Morgan fingerprint density at radius 2 is 1.76 bits per heavy atom. The second-order valence-electron chi connectivity index (χ2n) is 7.48. The summed E-state index contributed by atoms with van der Waals surface area (Å²) in [6.07, 6.45) is 1.99. The molecule has 0 aliphatic carbocycles. The number of carbonyl (C=O) groups excluding carboxylic acids is 2. The van der Waals surface area contributed by atoms with Gasteiger partial charge in [0.25, 0.3) is 11.8 Å². The molecule has 1 aliphatic heterocycles. The van der Waals surface area contributed by atoms with Crippen LogP contribution in [0.15, 0.2) is 42.5 Å². The summed E-state index contributed by atoms with van der Waals surface area (Å²) in [6, 6.07) is 12.6. The number of aromatic nitrogens is 1. The smallest absolute Gasteiger partial charge is 0.256 e. The molecule has 6 heteroatoms. The summed E-state index contributed by atoms with van der Waals surface area (Å²) >= 11 is 6.15. The minimum atomic E-state index is -0.274. The Labute approximate surface area is 174 Å². The van der Waals surface area contributed by atoms with E-state index in [0.29, 0.717) is 21.8 Å². The Hall–Kier alpha value is -2.92. The zero-order valence-corrected chi connectivity index (χ0v) is 17.2. The van der Waals surface area contributed by atoms with E-state index in [4.69, 9.17) is 11.6 Å². The number of nitrogens with zero attached hydrogens (tertiary/aromatic N) is 2. The van der Waals surface area contributed by atoms with Gasteiger partial charge in [0.15, 0.2) is 0 Å². The van der Waals surface area contributed by atoms with Crippen LogP contribution >= 0.6 is 11.6 Å². The lowest BCUT2D eigenvalue weighted by Crippen LogP contribution is -2.29. The molecule has 1 aliphatic rings. The number of hydrogen-bond acceptors (Lipinski definition) is 3. The molecule has 1 aromatic heterocycles. The lowest BCUT2D eigenvalue weighted by atomic mass is 10.0. The highest BCUT2D eigenvalue weighted by Crippen LogP contribution is 2.26. The fourth-order valence-corrected chi connectivity index (χ4v) is 3.91. The third kappa shape index (κ3) is 3.96. The molecule has 5 nitrogen and oxygen atoms in total. The molecule has 3 aromatic rings. The Bertz CT molecular complexity index is 1120. The minimum Gasteiger partial charge on any atom is -0.339 e. The molecule has 2 heterocycles. The third-order valence-corrected chi connectivity index (χ3v) is 5.43. The van der Waals surface area contributed by atoms with Crippen molar-refractivity contribution in [3.05, 3.63) is 69.9 Å². The largest absolute Gasteiger partial charge is 0.339 e. The Morgan fingerprint density at radius 1 is 1.00 bits per heavy atom. The van der Waals surface area contributed by atoms with Crippen LogP contribution in [0.4, 0.5) is 5.69 Å². The predicted octanol–water partition coefficient (Wildman–Crippen LogP) is 4.99. The number of nitrogens with one attached hydrogen (secondary N) is 1. The summed E-state index contributed by atoms with van der Waals surface area (Å²) in [7, 11) is 0. The Balaban J connectivity index is 1.72. The van der Waals surface area contributed by atoms with Gasteiger partial charge in [-0.25, -0.2) is 0 Å². The van der Waals surface area contributed by atoms with Gasteiger partial charge in [0, 0.05) is 29.2 Å². The van der Waals surface area contributed by atoms with Crippen LogP contribution in [0.5, 0.6) is 0 Å². The number of carbonyl (C=O) groups is 2. The molecule has 4 rings (SSSR count). The lowest BCUT2D eigenvalue weighted by molar-refractivity contribution is 0.0794. The number of pyridine rings is 1. The first-order valence-electron chi connectivity index (χ1n) is 9.70. The second-order valence-corrected chi connectivity index (χ2v) is 7.91. The van der Waals surface area contributed by atoms with E-state index in [2.05, 4.69) is 10.3 Å². The fourth-order valence-electron chi connectivity index (χ4n) is 3.74. The van der Waals surface area contributed by atoms with Crippen molar-refractivity contribution in [3.63, 3.8) is 0 Å². The van der Waals surface area contributed by atoms with E-state index < -0.39 is 0 Å². The van der Waals surface area contributed by atoms with Crippen LogP contribution in [0.25, 0.3) is 10.9 Å². The quantitative estimate of drug-likeness (QED) is 0.665. The molecule has 0 spiro atoms. The van der Waals surface area contributed by atoms with Crippen LogP contribution in [0, 0.1) is 13.8 Å². The van der Waals surface area contributed by atoms with Gasteiger partial charge in [0.2, 0.25) is 0 Å². The van der Waals surface area contributed by atoms with Gasteiger partial charge in [0.05, 0.1) is 22.3 Å². The van der Waals surface area contributed by atoms with Crippen molar-refractivity contribution in [2.24, 2.45) is 0 Å². The summed E-state index contributed by atoms with van der Waals surface area (Å²) in [5, 5.41) is 4.18. The molecular weight excluding hydrogens is 386 g/mol. The molecule has 0 radical (unpaired) electrons. The van der Waals surface area contributed by atoms with Crippen molar-refractivity contribution in [3.8, 4) is 0 Å². The zero-order valence-electron chi connectivity index (χ0n) is 16.5. The molecule has 1 fully saturated rings. The Kier molecular flexibility index (Phi) is 5.24. The molecule has 2 amide bonds. The van der Waals surface area contributed by atoms with Gasteiger partial charge >= 0.3 is 0 Å². The van der Waals surface area contributed by atoms with Gasteiger partial charge in [-0.3, -0.25) is 14.6 Å². The van der Waals surface area contributed by atoms with Gasteiger partial charge in [-0.1, -0.05) is 23.2 Å². The van der Waals surface area contributed by atoms with Crippen molar-refractivity contribution in [2.45, 2.75) is 26.7 Å². The van der Waals surface area contributed by atoms with E-state index in [1.54, 1.807) is 29.2 Å². The average Bonchev–Trinajstić information content (AvgIpc) is 3.23. The SMILES string of the molecule is Cc1ccc2nc(C)cc(C(=O)Nc3ccc(Cl)cc3C(=O)N3CCCC3)c2c1. The summed E-state index contributed by atoms with van der Waals surface area (Å²) in [5.41, 5.74) is 3.99. The van der Waals surface area contributed by atoms with Gasteiger partial charge in [0.1, 0.15) is 0 Å². The van der Waals surface area contributed by atoms with Gasteiger partial charge in [-0.2, -0.15) is 0 Å². The number of halogens is 1. The summed E-state index contributed by atoms with van der Waals surface area (Å²) in [4.78, 5) is 32.5. The van der Waals surface area contributed by atoms with Gasteiger partial charge in [-0.05, 0) is 63.1 Å². The number of fused-ring (bicyclic) bond motifs is 1. The molecule has 1 saturated heterocycles. The Morgan fingerprint density at radius 3 is 2.52 bits per heavy atom. The van der Waals surface area contributed by atoms with Crippen molar-refractivity contribution in [1.82, 2.24) is 9.88 Å². The molecule has 0 saturated carbocycles. The standard InChI is InChI=1S/C23H22ClN3O2/c1-14-5-7-20-17(11-14)18(12-15(2)25-20)22(28)26-21-8-6-16(24)13-19(21)23(29)27-9-3-4-10-27/h5-8,11-13H,3-4,9-10H2,1-2H3,(H,26,28). The molecule has 29 heavy (non-hydrogen) atoms. The average molecular weight is 408 g/mol. The number of anilines is 1. The first-order valence-corrected chi connectivity index (χ1v) is 10.1. The number of rotatable bonds is 3. The number of likely N-dealkylation sites (tertiary alicyclic amines) is 1. The van der Waals surface area contributed by atoms with Crippen molar-refractivity contribution in [1.29, 1.82) is 0 Å². The summed E-state index contributed by atoms with van der Waals surface area (Å²) in [6.45, 7) is 5.30. The first kappa shape index (κ1) is 19.4. The number of amides is 2. The number of benzene rings is 2. The van der Waals surface area contributed by atoms with Crippen LogP contribution in [-0.2, 0) is 0 Å². The monoisotopic (exact) mass is 407 g/mol. The number of hydrogen-bond donors (Lipinski definition) is 1. The molecule has 1 N–H and O–H groups in total. The highest BCUT2D eigenvalue weighted by Gasteiger charge is 2.23. The van der Waals surface area contributed by atoms with Crippen LogP contribution in [-0.4, -0.2) is 34.8 Å². The molecule has 0 bridgehead atoms. The van der Waals surface area contributed by atoms with Crippen LogP contribution < -0.4 is 5.32 Å². The highest BCUT2D eigenvalue weighted by molar-refractivity contribution is 6.31. The van der Waals surface area contributed by atoms with E-state index in [1.165, 1.54) is 0 Å². The van der Waals surface area contributed by atoms with E-state index in [0.717, 1.165) is 48.1 Å². The van der Waals surface area contributed by atoms with Crippen LogP contribution in [0.2, 0.25) is 5.02 Å². The van der Waals surface area contributed by atoms with Crippen LogP contribution in [0.3, 0.4) is 0 Å².